The number of amides is 3. The van der Waals surface area contributed by atoms with Crippen LogP contribution in [0.5, 0.6) is 0 Å². The molecule has 1 aliphatic rings. The molecule has 3 aromatic rings. The van der Waals surface area contributed by atoms with Gasteiger partial charge in [-0.1, -0.05) is 28.1 Å². The molecule has 0 radical (unpaired) electrons. The summed E-state index contributed by atoms with van der Waals surface area (Å²) < 4.78 is 6.21. The van der Waals surface area contributed by atoms with Crippen LogP contribution in [-0.4, -0.2) is 56.7 Å². The van der Waals surface area contributed by atoms with Crippen molar-refractivity contribution in [2.24, 2.45) is 11.8 Å². The third kappa shape index (κ3) is 9.38. The van der Waals surface area contributed by atoms with Crippen molar-refractivity contribution in [2.45, 2.75) is 64.5 Å². The van der Waals surface area contributed by atoms with E-state index in [0.29, 0.717) is 37.3 Å². The van der Waals surface area contributed by atoms with E-state index in [4.69, 9.17) is 4.74 Å². The summed E-state index contributed by atoms with van der Waals surface area (Å²) in [5, 5.41) is 22.7. The van der Waals surface area contributed by atoms with Crippen LogP contribution in [0.3, 0.4) is 0 Å². The molecule has 3 amide bonds. The smallest absolute Gasteiger partial charge is 0.407 e. The third-order valence-electron chi connectivity index (χ3n) is 6.87. The second-order valence-electron chi connectivity index (χ2n) is 11.3. The number of ether oxygens (including phenoxy) is 1. The predicted molar refractivity (Wildman–Crippen MR) is 158 cm³/mol. The number of hydrogen-bond donors (Lipinski definition) is 4. The van der Waals surface area contributed by atoms with Crippen molar-refractivity contribution in [3.63, 3.8) is 0 Å². The molecular weight excluding hydrogens is 590 g/mol. The topological polar surface area (TPSA) is 151 Å². The highest BCUT2D eigenvalue weighted by molar-refractivity contribution is 9.10. The van der Waals surface area contributed by atoms with Crippen molar-refractivity contribution < 1.29 is 19.1 Å². The lowest BCUT2D eigenvalue weighted by Crippen LogP contribution is -2.48. The summed E-state index contributed by atoms with van der Waals surface area (Å²) in [6.45, 7) is 6.00. The van der Waals surface area contributed by atoms with E-state index in [1.807, 2.05) is 45.0 Å². The molecular formula is C29H36BrN7O4. The summed E-state index contributed by atoms with van der Waals surface area (Å²) >= 11 is 3.48. The summed E-state index contributed by atoms with van der Waals surface area (Å²) in [5.74, 6) is 0.104. The number of aromatic amines is 1. The first-order valence-corrected chi connectivity index (χ1v) is 14.5. The highest BCUT2D eigenvalue weighted by atomic mass is 79.9. The van der Waals surface area contributed by atoms with Gasteiger partial charge in [0.25, 0.3) is 0 Å². The number of H-pyrrole nitrogens is 1. The van der Waals surface area contributed by atoms with Gasteiger partial charge in [0.15, 0.2) is 0 Å². The first-order chi connectivity index (χ1) is 19.6. The normalized spacial score (nSPS) is 17.8. The highest BCUT2D eigenvalue weighted by Crippen LogP contribution is 2.29. The van der Waals surface area contributed by atoms with Crippen LogP contribution in [0.4, 0.5) is 10.5 Å². The van der Waals surface area contributed by atoms with Crippen LogP contribution in [-0.2, 0) is 20.7 Å². The standard InChI is InChI=1S/C29H36BrN7O4/c1-29(2,3)41-28(40)31-17-18-7-9-21(10-8-18)26(38)33-24(16-19-5-4-6-22(30)15-19)27(39)32-23-13-11-20(12-14-23)25-34-36-37-35-25/h4-6,11-15,18,21,24H,7-10,16-17H2,1-3H3,(H,31,40)(H,32,39)(H,33,38)(H,34,35,36,37). The van der Waals surface area contributed by atoms with E-state index in [1.165, 1.54) is 0 Å². The molecule has 1 saturated carbocycles. The maximum absolute atomic E-state index is 13.4. The average molecular weight is 627 g/mol. The fourth-order valence-corrected chi connectivity index (χ4v) is 5.23. The number of carbonyl (C=O) groups excluding carboxylic acids is 3. The second kappa shape index (κ2) is 13.7. The number of nitrogens with zero attached hydrogens (tertiary/aromatic N) is 3. The number of rotatable bonds is 9. The van der Waals surface area contributed by atoms with Gasteiger partial charge in [0.05, 0.1) is 0 Å². The number of anilines is 1. The molecule has 2 aromatic carbocycles. The first-order valence-electron chi connectivity index (χ1n) is 13.7. The van der Waals surface area contributed by atoms with Crippen LogP contribution in [0.15, 0.2) is 53.0 Å². The Bertz CT molecular complexity index is 1320. The minimum atomic E-state index is -0.764. The monoisotopic (exact) mass is 625 g/mol. The number of benzene rings is 2. The van der Waals surface area contributed by atoms with E-state index in [-0.39, 0.29) is 23.7 Å². The number of hydrogen-bond acceptors (Lipinski definition) is 7. The molecule has 0 bridgehead atoms. The Balaban J connectivity index is 1.35. The fraction of sp³-hybridized carbons (Fsp3) is 0.448. The van der Waals surface area contributed by atoms with E-state index in [2.05, 4.69) is 52.5 Å². The lowest BCUT2D eigenvalue weighted by Gasteiger charge is -2.29. The van der Waals surface area contributed by atoms with Crippen molar-refractivity contribution in [3.05, 3.63) is 58.6 Å². The van der Waals surface area contributed by atoms with Gasteiger partial charge in [0.1, 0.15) is 11.6 Å². The second-order valence-corrected chi connectivity index (χ2v) is 12.2. The number of nitrogens with one attached hydrogen (secondary N) is 4. The molecule has 0 aliphatic heterocycles. The maximum Gasteiger partial charge on any atom is 0.407 e. The zero-order valence-corrected chi connectivity index (χ0v) is 25.0. The molecule has 1 fully saturated rings. The number of aromatic nitrogens is 4. The first kappa shape index (κ1) is 30.2. The zero-order valence-electron chi connectivity index (χ0n) is 23.4. The van der Waals surface area contributed by atoms with Gasteiger partial charge in [-0.05, 0) is 99.5 Å². The van der Waals surface area contributed by atoms with E-state index >= 15 is 0 Å². The summed E-state index contributed by atoms with van der Waals surface area (Å²) in [7, 11) is 0. The van der Waals surface area contributed by atoms with Crippen molar-refractivity contribution in [1.82, 2.24) is 31.3 Å². The highest BCUT2D eigenvalue weighted by Gasteiger charge is 2.30. The maximum atomic E-state index is 13.4. The molecule has 1 unspecified atom stereocenters. The van der Waals surface area contributed by atoms with Crippen LogP contribution in [0, 0.1) is 11.8 Å². The van der Waals surface area contributed by atoms with Crippen molar-refractivity contribution in [3.8, 4) is 11.4 Å². The van der Waals surface area contributed by atoms with E-state index in [0.717, 1.165) is 28.4 Å². The number of carbonyl (C=O) groups is 3. The Hall–Kier alpha value is -3.80. The van der Waals surface area contributed by atoms with Gasteiger partial charge in [-0.25, -0.2) is 4.79 Å². The van der Waals surface area contributed by atoms with Gasteiger partial charge >= 0.3 is 6.09 Å². The van der Waals surface area contributed by atoms with Crippen LogP contribution in [0.2, 0.25) is 0 Å². The Kier molecular flexibility index (Phi) is 10.1. The van der Waals surface area contributed by atoms with Gasteiger partial charge in [-0.15, -0.1) is 10.2 Å². The van der Waals surface area contributed by atoms with Crippen molar-refractivity contribution in [2.75, 3.05) is 11.9 Å². The molecule has 1 aliphatic carbocycles. The summed E-state index contributed by atoms with van der Waals surface area (Å²) in [6.07, 6.45) is 2.91. The largest absolute Gasteiger partial charge is 0.444 e. The van der Waals surface area contributed by atoms with Crippen molar-refractivity contribution >= 4 is 39.5 Å². The van der Waals surface area contributed by atoms with E-state index < -0.39 is 17.7 Å². The molecule has 218 valence electrons. The Morgan fingerprint density at radius 1 is 1.07 bits per heavy atom. The lowest BCUT2D eigenvalue weighted by molar-refractivity contribution is -0.130. The average Bonchev–Trinajstić information content (AvgIpc) is 3.46. The lowest BCUT2D eigenvalue weighted by atomic mass is 9.81. The molecule has 4 rings (SSSR count). The molecule has 41 heavy (non-hydrogen) atoms. The van der Waals surface area contributed by atoms with E-state index in [9.17, 15) is 14.4 Å². The number of alkyl carbamates (subject to hydrolysis) is 1. The Labute approximate surface area is 247 Å². The molecule has 1 aromatic heterocycles. The molecule has 1 heterocycles. The predicted octanol–water partition coefficient (Wildman–Crippen LogP) is 4.63. The van der Waals surface area contributed by atoms with Crippen LogP contribution in [0.1, 0.15) is 52.0 Å². The van der Waals surface area contributed by atoms with Gasteiger partial charge in [-0.2, -0.15) is 5.21 Å². The molecule has 4 N–H and O–H groups in total. The summed E-state index contributed by atoms with van der Waals surface area (Å²) in [4.78, 5) is 38.7. The van der Waals surface area contributed by atoms with Crippen LogP contribution >= 0.6 is 15.9 Å². The fourth-order valence-electron chi connectivity index (χ4n) is 4.79. The van der Waals surface area contributed by atoms with Crippen LogP contribution in [0.25, 0.3) is 11.4 Å². The number of tetrazole rings is 1. The minimum Gasteiger partial charge on any atom is -0.444 e. The van der Waals surface area contributed by atoms with Gasteiger partial charge < -0.3 is 20.7 Å². The Morgan fingerprint density at radius 3 is 2.44 bits per heavy atom. The van der Waals surface area contributed by atoms with Gasteiger partial charge in [0, 0.05) is 34.6 Å². The van der Waals surface area contributed by atoms with E-state index in [1.54, 1.807) is 24.3 Å². The van der Waals surface area contributed by atoms with Crippen LogP contribution < -0.4 is 16.0 Å². The summed E-state index contributed by atoms with van der Waals surface area (Å²) in [6, 6.07) is 14.0. The SMILES string of the molecule is CC(C)(C)OC(=O)NCC1CCC(C(=O)NC(Cc2cccc(Br)c2)C(=O)Nc2ccc(-c3nn[nH]n3)cc2)CC1. The van der Waals surface area contributed by atoms with Crippen molar-refractivity contribution in [1.29, 1.82) is 0 Å². The molecule has 12 heteroatoms. The molecule has 11 nitrogen and oxygen atoms in total. The van der Waals surface area contributed by atoms with Gasteiger partial charge in [0.2, 0.25) is 17.6 Å². The molecule has 0 saturated heterocycles. The summed E-state index contributed by atoms with van der Waals surface area (Å²) in [5.41, 5.74) is 1.72. The Morgan fingerprint density at radius 2 is 1.80 bits per heavy atom. The third-order valence-corrected chi connectivity index (χ3v) is 7.36. The molecule has 0 spiro atoms. The number of halogens is 1. The zero-order chi connectivity index (χ0) is 29.4. The van der Waals surface area contributed by atoms with Gasteiger partial charge in [-0.3, -0.25) is 9.59 Å². The molecule has 1 atom stereocenters. The minimum absolute atomic E-state index is 0.133. The quantitative estimate of drug-likeness (QED) is 0.271.